The molecular weight excluding hydrogens is 298 g/mol. The van der Waals surface area contributed by atoms with Crippen LogP contribution in [-0.4, -0.2) is 27.8 Å². The van der Waals surface area contributed by atoms with Gasteiger partial charge in [0.25, 0.3) is 0 Å². The molecule has 2 aromatic rings. The Bertz CT molecular complexity index is 713. The van der Waals surface area contributed by atoms with Crippen molar-refractivity contribution in [1.29, 1.82) is 0 Å². The van der Waals surface area contributed by atoms with Crippen LogP contribution in [-0.2, 0) is 16.6 Å². The number of nitrogens with one attached hydrogen (secondary N) is 1. The fourth-order valence-electron chi connectivity index (χ4n) is 1.68. The minimum atomic E-state index is -3.82. The number of sulfonamides is 1. The van der Waals surface area contributed by atoms with Crippen molar-refractivity contribution in [3.8, 4) is 11.5 Å². The van der Waals surface area contributed by atoms with Crippen LogP contribution in [0.15, 0.2) is 33.8 Å². The van der Waals surface area contributed by atoms with Gasteiger partial charge in [0.15, 0.2) is 5.76 Å². The molecule has 0 unspecified atom stereocenters. The highest BCUT2D eigenvalue weighted by Gasteiger charge is 2.22. The van der Waals surface area contributed by atoms with Crippen LogP contribution in [0.1, 0.15) is 5.76 Å². The van der Waals surface area contributed by atoms with E-state index in [0.717, 1.165) is 0 Å². The number of hydrogen-bond donors (Lipinski definition) is 2. The topological polar surface area (TPSA) is 117 Å². The molecule has 0 aliphatic heterocycles. The second-order valence-electron chi connectivity index (χ2n) is 4.05. The Morgan fingerprint density at radius 2 is 2.00 bits per heavy atom. The molecular formula is C12H15N3O5S. The van der Waals surface area contributed by atoms with Gasteiger partial charge in [-0.2, -0.15) is 0 Å². The van der Waals surface area contributed by atoms with Gasteiger partial charge in [-0.15, -0.1) is 0 Å². The van der Waals surface area contributed by atoms with Crippen LogP contribution in [0.5, 0.6) is 11.5 Å². The van der Waals surface area contributed by atoms with Crippen LogP contribution < -0.4 is 19.9 Å². The molecule has 0 fully saturated rings. The smallest absolute Gasteiger partial charge is 0.244 e. The molecule has 2 rings (SSSR count). The number of aromatic nitrogens is 1. The lowest BCUT2D eigenvalue weighted by molar-refractivity contribution is 0.379. The Balaban J connectivity index is 2.32. The molecule has 9 heteroatoms. The highest BCUT2D eigenvalue weighted by Crippen LogP contribution is 2.33. The summed E-state index contributed by atoms with van der Waals surface area (Å²) in [5.74, 6) is 0.853. The molecule has 0 saturated carbocycles. The molecule has 1 aromatic carbocycles. The van der Waals surface area contributed by atoms with E-state index in [2.05, 4.69) is 9.88 Å². The summed E-state index contributed by atoms with van der Waals surface area (Å²) in [6.07, 6.45) is 1.43. The minimum Gasteiger partial charge on any atom is -0.495 e. The molecule has 0 aliphatic rings. The van der Waals surface area contributed by atoms with Crippen molar-refractivity contribution in [2.45, 2.75) is 11.4 Å². The predicted octanol–water partition coefficient (Wildman–Crippen LogP) is 0.752. The van der Waals surface area contributed by atoms with Crippen LogP contribution in [0.2, 0.25) is 0 Å². The molecule has 0 radical (unpaired) electrons. The molecule has 0 aliphatic carbocycles. The van der Waals surface area contributed by atoms with Crippen molar-refractivity contribution >= 4 is 15.7 Å². The summed E-state index contributed by atoms with van der Waals surface area (Å²) in [5.41, 5.74) is 5.93. The monoisotopic (exact) mass is 313 g/mol. The zero-order valence-electron chi connectivity index (χ0n) is 11.5. The zero-order valence-corrected chi connectivity index (χ0v) is 12.3. The average molecular weight is 313 g/mol. The van der Waals surface area contributed by atoms with Crippen LogP contribution in [0.4, 0.5) is 5.69 Å². The number of nitrogens with zero attached hydrogens (tertiary/aromatic N) is 1. The number of nitrogen functional groups attached to an aromatic ring is 1. The molecule has 0 bridgehead atoms. The van der Waals surface area contributed by atoms with E-state index in [-0.39, 0.29) is 22.9 Å². The molecule has 1 heterocycles. The lowest BCUT2D eigenvalue weighted by Crippen LogP contribution is -2.23. The van der Waals surface area contributed by atoms with Crippen molar-refractivity contribution in [3.05, 3.63) is 30.2 Å². The Morgan fingerprint density at radius 1 is 1.29 bits per heavy atom. The van der Waals surface area contributed by atoms with E-state index in [1.165, 1.54) is 32.5 Å². The summed E-state index contributed by atoms with van der Waals surface area (Å²) in [7, 11) is -1.03. The van der Waals surface area contributed by atoms with Crippen molar-refractivity contribution in [2.24, 2.45) is 0 Å². The fraction of sp³-hybridized carbons (Fsp3) is 0.250. The van der Waals surface area contributed by atoms with E-state index in [0.29, 0.717) is 11.5 Å². The van der Waals surface area contributed by atoms with Gasteiger partial charge < -0.3 is 19.7 Å². The van der Waals surface area contributed by atoms with Gasteiger partial charge in [0.1, 0.15) is 16.4 Å². The van der Waals surface area contributed by atoms with E-state index in [9.17, 15) is 8.42 Å². The van der Waals surface area contributed by atoms with Crippen LogP contribution >= 0.6 is 0 Å². The van der Waals surface area contributed by atoms with Gasteiger partial charge in [0.2, 0.25) is 10.0 Å². The summed E-state index contributed by atoms with van der Waals surface area (Å²) in [5, 5.41) is 3.50. The number of nitrogens with two attached hydrogens (primary N) is 1. The largest absolute Gasteiger partial charge is 0.495 e. The van der Waals surface area contributed by atoms with E-state index < -0.39 is 10.0 Å². The molecule has 3 N–H and O–H groups in total. The summed E-state index contributed by atoms with van der Waals surface area (Å²) in [6, 6.07) is 4.25. The highest BCUT2D eigenvalue weighted by molar-refractivity contribution is 7.89. The van der Waals surface area contributed by atoms with Gasteiger partial charge in [-0.1, -0.05) is 5.16 Å². The molecule has 1 aromatic heterocycles. The Morgan fingerprint density at radius 3 is 2.57 bits per heavy atom. The molecule has 0 spiro atoms. The third-order valence-electron chi connectivity index (χ3n) is 2.73. The second kappa shape index (κ2) is 6.02. The van der Waals surface area contributed by atoms with Gasteiger partial charge in [-0.3, -0.25) is 0 Å². The van der Waals surface area contributed by atoms with E-state index in [1.807, 2.05) is 0 Å². The molecule has 8 nitrogen and oxygen atoms in total. The Labute approximate surface area is 121 Å². The van der Waals surface area contributed by atoms with Gasteiger partial charge in [-0.05, 0) is 6.07 Å². The number of methoxy groups -OCH3 is 2. The first-order chi connectivity index (χ1) is 9.97. The summed E-state index contributed by atoms with van der Waals surface area (Å²) in [6.45, 7) is -0.0303. The summed E-state index contributed by atoms with van der Waals surface area (Å²) < 4.78 is 41.9. The van der Waals surface area contributed by atoms with Crippen LogP contribution in [0.3, 0.4) is 0 Å². The first-order valence-corrected chi connectivity index (χ1v) is 7.37. The SMILES string of the molecule is COc1cc(OC)c(S(=O)(=O)NCc2ccno2)cc1N. The van der Waals surface area contributed by atoms with Gasteiger partial charge in [0, 0.05) is 12.1 Å². The maximum Gasteiger partial charge on any atom is 0.244 e. The Kier molecular flexibility index (Phi) is 4.34. The van der Waals surface area contributed by atoms with Crippen LogP contribution in [0.25, 0.3) is 0 Å². The average Bonchev–Trinajstić information content (AvgIpc) is 2.98. The molecule has 0 saturated heterocycles. The number of benzene rings is 1. The quantitative estimate of drug-likeness (QED) is 0.756. The maximum absolute atomic E-state index is 12.3. The normalized spacial score (nSPS) is 11.3. The maximum atomic E-state index is 12.3. The van der Waals surface area contributed by atoms with Gasteiger partial charge in [-0.25, -0.2) is 13.1 Å². The molecule has 0 atom stereocenters. The van der Waals surface area contributed by atoms with Gasteiger partial charge >= 0.3 is 0 Å². The lowest BCUT2D eigenvalue weighted by Gasteiger charge is -2.13. The van der Waals surface area contributed by atoms with Crippen molar-refractivity contribution < 1.29 is 22.4 Å². The first-order valence-electron chi connectivity index (χ1n) is 5.88. The van der Waals surface area contributed by atoms with Gasteiger partial charge in [0.05, 0.1) is 32.6 Å². The van der Waals surface area contributed by atoms with E-state index >= 15 is 0 Å². The lowest BCUT2D eigenvalue weighted by atomic mass is 10.3. The third kappa shape index (κ3) is 3.26. The highest BCUT2D eigenvalue weighted by atomic mass is 32.2. The number of hydrogen-bond acceptors (Lipinski definition) is 7. The Hall–Kier alpha value is -2.26. The number of ether oxygens (including phenoxy) is 2. The zero-order chi connectivity index (χ0) is 15.5. The van der Waals surface area contributed by atoms with Crippen molar-refractivity contribution in [2.75, 3.05) is 20.0 Å². The van der Waals surface area contributed by atoms with Crippen molar-refractivity contribution in [1.82, 2.24) is 9.88 Å². The minimum absolute atomic E-state index is 0.0303. The molecule has 0 amide bonds. The summed E-state index contributed by atoms with van der Waals surface area (Å²) >= 11 is 0. The van der Waals surface area contributed by atoms with Crippen molar-refractivity contribution in [3.63, 3.8) is 0 Å². The molecule has 114 valence electrons. The summed E-state index contributed by atoms with van der Waals surface area (Å²) in [4.78, 5) is -0.0807. The van der Waals surface area contributed by atoms with E-state index in [1.54, 1.807) is 6.07 Å². The second-order valence-corrected chi connectivity index (χ2v) is 5.78. The predicted molar refractivity (Wildman–Crippen MR) is 74.5 cm³/mol. The van der Waals surface area contributed by atoms with E-state index in [4.69, 9.17) is 19.7 Å². The number of rotatable bonds is 6. The molecule has 21 heavy (non-hydrogen) atoms. The number of anilines is 1. The third-order valence-corrected chi connectivity index (χ3v) is 4.16. The first kappa shape index (κ1) is 15.1. The van der Waals surface area contributed by atoms with Crippen LogP contribution in [0, 0.1) is 0 Å². The standard InChI is InChI=1S/C12H15N3O5S/c1-18-10-6-11(19-2)12(5-9(10)13)21(16,17)15-7-8-3-4-14-20-8/h3-6,15H,7,13H2,1-2H3. The fourth-order valence-corrected chi connectivity index (χ4v) is 2.86.